The van der Waals surface area contributed by atoms with E-state index in [9.17, 15) is 9.59 Å². The second kappa shape index (κ2) is 8.50. The van der Waals surface area contributed by atoms with Crippen molar-refractivity contribution in [1.82, 2.24) is 15.6 Å². The van der Waals surface area contributed by atoms with Crippen molar-refractivity contribution < 1.29 is 14.7 Å². The quantitative estimate of drug-likeness (QED) is 0.602. The second-order valence-electron chi connectivity index (χ2n) is 5.93. The van der Waals surface area contributed by atoms with E-state index in [2.05, 4.69) is 15.6 Å². The summed E-state index contributed by atoms with van der Waals surface area (Å²) in [5.74, 6) is 0. The number of hydrogen-bond acceptors (Lipinski definition) is 4. The number of carbonyl (C=O) groups is 2. The van der Waals surface area contributed by atoms with Crippen LogP contribution in [0.2, 0.25) is 0 Å². The number of urea groups is 1. The molecule has 1 atom stereocenters. The Morgan fingerprint density at radius 1 is 1.15 bits per heavy atom. The summed E-state index contributed by atoms with van der Waals surface area (Å²) in [7, 11) is 0. The summed E-state index contributed by atoms with van der Waals surface area (Å²) in [6, 6.07) is 16.8. The van der Waals surface area contributed by atoms with Crippen molar-refractivity contribution in [2.24, 2.45) is 0 Å². The van der Waals surface area contributed by atoms with Crippen LogP contribution in [0.25, 0.3) is 10.2 Å². The van der Waals surface area contributed by atoms with Crippen molar-refractivity contribution in [3.05, 3.63) is 60.2 Å². The zero-order valence-corrected chi connectivity index (χ0v) is 15.6. The molecule has 0 unspecified atom stereocenters. The lowest BCUT2D eigenvalue weighted by molar-refractivity contribution is 0.194. The fourth-order valence-corrected chi connectivity index (χ4v) is 3.61. The molecule has 0 radical (unpaired) electrons. The number of rotatable bonds is 6. The average molecular weight is 384 g/mol. The standard InChI is InChI=1S/C19H20N4O3S/c1-13(14-7-3-2-4-8-14)21-17(24)23(12-11-20-19(25)26)18-22-15-9-5-6-10-16(15)27-18/h2-10,13,20H,11-12H2,1H3,(H,21,24)(H,25,26)/t13-/m0/s1. The van der Waals surface area contributed by atoms with Crippen LogP contribution in [0, 0.1) is 0 Å². The van der Waals surface area contributed by atoms with Gasteiger partial charge in [0.1, 0.15) is 0 Å². The third kappa shape index (κ3) is 4.73. The van der Waals surface area contributed by atoms with Gasteiger partial charge in [0.15, 0.2) is 5.13 Å². The minimum absolute atomic E-state index is 0.110. The van der Waals surface area contributed by atoms with Gasteiger partial charge in [0.2, 0.25) is 0 Å². The molecule has 3 amide bonds. The van der Waals surface area contributed by atoms with Crippen LogP contribution in [0.15, 0.2) is 54.6 Å². The van der Waals surface area contributed by atoms with Gasteiger partial charge in [0, 0.05) is 13.1 Å². The van der Waals surface area contributed by atoms with E-state index in [4.69, 9.17) is 5.11 Å². The monoisotopic (exact) mass is 384 g/mol. The Morgan fingerprint density at radius 3 is 2.56 bits per heavy atom. The third-order valence-electron chi connectivity index (χ3n) is 4.01. The highest BCUT2D eigenvalue weighted by Crippen LogP contribution is 2.28. The molecule has 0 saturated heterocycles. The summed E-state index contributed by atoms with van der Waals surface area (Å²) in [6.07, 6.45) is -1.13. The van der Waals surface area contributed by atoms with Crippen molar-refractivity contribution in [1.29, 1.82) is 0 Å². The largest absolute Gasteiger partial charge is 0.465 e. The van der Waals surface area contributed by atoms with Gasteiger partial charge in [-0.05, 0) is 24.6 Å². The molecule has 0 fully saturated rings. The van der Waals surface area contributed by atoms with E-state index >= 15 is 0 Å². The van der Waals surface area contributed by atoms with Gasteiger partial charge in [0.25, 0.3) is 0 Å². The number of thiazole rings is 1. The highest BCUT2D eigenvalue weighted by Gasteiger charge is 2.21. The van der Waals surface area contributed by atoms with Gasteiger partial charge >= 0.3 is 12.1 Å². The molecule has 1 aromatic heterocycles. The highest BCUT2D eigenvalue weighted by atomic mass is 32.1. The molecule has 0 spiro atoms. The van der Waals surface area contributed by atoms with Gasteiger partial charge in [-0.3, -0.25) is 4.90 Å². The van der Waals surface area contributed by atoms with Crippen molar-refractivity contribution in [2.45, 2.75) is 13.0 Å². The lowest BCUT2D eigenvalue weighted by Gasteiger charge is -2.23. The molecule has 7 nitrogen and oxygen atoms in total. The predicted octanol–water partition coefficient (Wildman–Crippen LogP) is 3.84. The van der Waals surface area contributed by atoms with Crippen LogP contribution in [-0.2, 0) is 0 Å². The Bertz CT molecular complexity index is 896. The number of amides is 3. The molecule has 2 aromatic carbocycles. The van der Waals surface area contributed by atoms with Crippen molar-refractivity contribution in [3.63, 3.8) is 0 Å². The minimum atomic E-state index is -1.13. The van der Waals surface area contributed by atoms with Crippen molar-refractivity contribution in [2.75, 3.05) is 18.0 Å². The lowest BCUT2D eigenvalue weighted by Crippen LogP contribution is -2.44. The summed E-state index contributed by atoms with van der Waals surface area (Å²) in [5.41, 5.74) is 1.79. The first-order chi connectivity index (χ1) is 13.0. The average Bonchev–Trinajstić information content (AvgIpc) is 3.09. The number of carbonyl (C=O) groups excluding carboxylic acids is 1. The van der Waals surface area contributed by atoms with E-state index in [0.29, 0.717) is 5.13 Å². The van der Waals surface area contributed by atoms with Crippen LogP contribution in [0.3, 0.4) is 0 Å². The Hall–Kier alpha value is -3.13. The fraction of sp³-hybridized carbons (Fsp3) is 0.211. The van der Waals surface area contributed by atoms with Crippen LogP contribution in [0.5, 0.6) is 0 Å². The predicted molar refractivity (Wildman–Crippen MR) is 106 cm³/mol. The van der Waals surface area contributed by atoms with Gasteiger partial charge in [-0.15, -0.1) is 0 Å². The van der Waals surface area contributed by atoms with Gasteiger partial charge in [-0.2, -0.15) is 0 Å². The lowest BCUT2D eigenvalue weighted by atomic mass is 10.1. The first-order valence-corrected chi connectivity index (χ1v) is 9.31. The van der Waals surface area contributed by atoms with E-state index in [1.165, 1.54) is 16.2 Å². The maximum Gasteiger partial charge on any atom is 0.404 e. The molecule has 0 bridgehead atoms. The third-order valence-corrected chi connectivity index (χ3v) is 5.07. The van der Waals surface area contributed by atoms with Crippen LogP contribution in [0.4, 0.5) is 14.7 Å². The molecule has 3 N–H and O–H groups in total. The maximum atomic E-state index is 12.9. The number of fused-ring (bicyclic) bond motifs is 1. The second-order valence-corrected chi connectivity index (χ2v) is 6.94. The van der Waals surface area contributed by atoms with E-state index in [1.807, 2.05) is 61.5 Å². The summed E-state index contributed by atoms with van der Waals surface area (Å²) in [6.45, 7) is 2.19. The Morgan fingerprint density at radius 2 is 1.85 bits per heavy atom. The molecule has 0 aliphatic heterocycles. The van der Waals surface area contributed by atoms with E-state index < -0.39 is 6.09 Å². The summed E-state index contributed by atoms with van der Waals surface area (Å²) in [4.78, 5) is 29.6. The Kier molecular flexibility index (Phi) is 5.87. The SMILES string of the molecule is C[C@H](NC(=O)N(CCNC(=O)O)c1nc2ccccc2s1)c1ccccc1. The molecular formula is C19H20N4O3S. The topological polar surface area (TPSA) is 94.6 Å². The molecular weight excluding hydrogens is 364 g/mol. The Labute approximate surface area is 160 Å². The number of anilines is 1. The van der Waals surface area contributed by atoms with E-state index in [0.717, 1.165) is 15.8 Å². The molecule has 140 valence electrons. The Balaban J connectivity index is 1.79. The maximum absolute atomic E-state index is 12.9. The fourth-order valence-electron chi connectivity index (χ4n) is 2.62. The first kappa shape index (κ1) is 18.7. The zero-order chi connectivity index (χ0) is 19.2. The number of nitrogens with one attached hydrogen (secondary N) is 2. The molecule has 27 heavy (non-hydrogen) atoms. The normalized spacial score (nSPS) is 11.7. The summed E-state index contributed by atoms with van der Waals surface area (Å²) >= 11 is 1.39. The molecule has 0 saturated carbocycles. The molecule has 3 rings (SSSR count). The highest BCUT2D eigenvalue weighted by molar-refractivity contribution is 7.22. The smallest absolute Gasteiger partial charge is 0.404 e. The number of aromatic nitrogens is 1. The molecule has 1 heterocycles. The van der Waals surface area contributed by atoms with E-state index in [1.54, 1.807) is 0 Å². The first-order valence-electron chi connectivity index (χ1n) is 8.50. The number of nitrogens with zero attached hydrogens (tertiary/aromatic N) is 2. The summed E-state index contributed by atoms with van der Waals surface area (Å²) in [5, 5.41) is 14.6. The van der Waals surface area contributed by atoms with Crippen LogP contribution < -0.4 is 15.5 Å². The van der Waals surface area contributed by atoms with Crippen LogP contribution >= 0.6 is 11.3 Å². The molecule has 0 aliphatic rings. The van der Waals surface area contributed by atoms with Gasteiger partial charge in [-0.1, -0.05) is 53.8 Å². The van der Waals surface area contributed by atoms with Gasteiger partial charge in [0.05, 0.1) is 16.3 Å². The van der Waals surface area contributed by atoms with Crippen LogP contribution in [-0.4, -0.2) is 35.3 Å². The molecule has 8 heteroatoms. The van der Waals surface area contributed by atoms with Crippen LogP contribution in [0.1, 0.15) is 18.5 Å². The van der Waals surface area contributed by atoms with Gasteiger partial charge < -0.3 is 15.7 Å². The number of para-hydroxylation sites is 1. The van der Waals surface area contributed by atoms with E-state index in [-0.39, 0.29) is 25.2 Å². The number of carboxylic acid groups (broad SMARTS) is 1. The number of benzene rings is 2. The minimum Gasteiger partial charge on any atom is -0.465 e. The summed E-state index contributed by atoms with van der Waals surface area (Å²) < 4.78 is 0.965. The number of hydrogen-bond donors (Lipinski definition) is 3. The van der Waals surface area contributed by atoms with Gasteiger partial charge in [-0.25, -0.2) is 14.6 Å². The van der Waals surface area contributed by atoms with Crippen molar-refractivity contribution >= 4 is 38.8 Å². The molecule has 0 aliphatic carbocycles. The molecule has 3 aromatic rings. The van der Waals surface area contributed by atoms with Crippen molar-refractivity contribution in [3.8, 4) is 0 Å². The zero-order valence-electron chi connectivity index (χ0n) is 14.8.